The monoisotopic (exact) mass is 384 g/mol. The predicted molar refractivity (Wildman–Crippen MR) is 101 cm³/mol. The maximum atomic E-state index is 12.2. The molecule has 2 amide bonds. The summed E-state index contributed by atoms with van der Waals surface area (Å²) in [6, 6.07) is 12.4. The number of hydrogen-bond donors (Lipinski definition) is 4. The molecule has 0 aromatic heterocycles. The molecule has 0 aliphatic carbocycles. The van der Waals surface area contributed by atoms with Gasteiger partial charge in [0.2, 0.25) is 0 Å². The van der Waals surface area contributed by atoms with Crippen molar-refractivity contribution in [1.82, 2.24) is 5.48 Å². The standard InChI is InChI=1S/C20H20N2O6/c1-13(23)14-5-9-16(10-6-14)21-20(26)28-18(3-2-4-19(25)22-27)15-7-11-17(24)12-8-15/h2,4-12,18,24,27H,3H2,1H3,(H,21,26)(H,22,25)/b4-2+/t18-/m0/s1. The quantitative estimate of drug-likeness (QED) is 0.251. The van der Waals surface area contributed by atoms with E-state index in [0.717, 1.165) is 6.08 Å². The first-order chi connectivity index (χ1) is 13.4. The topological polar surface area (TPSA) is 125 Å². The van der Waals surface area contributed by atoms with E-state index < -0.39 is 18.1 Å². The third kappa shape index (κ3) is 6.26. The van der Waals surface area contributed by atoms with Crippen molar-refractivity contribution in [3.05, 3.63) is 71.8 Å². The first kappa shape index (κ1) is 20.7. The van der Waals surface area contributed by atoms with Crippen LogP contribution in [-0.4, -0.2) is 28.1 Å². The molecule has 2 aromatic rings. The number of hydroxylamine groups is 1. The second kappa shape index (κ2) is 9.89. The molecule has 0 aliphatic heterocycles. The van der Waals surface area contributed by atoms with Crippen LogP contribution < -0.4 is 10.8 Å². The maximum Gasteiger partial charge on any atom is 0.412 e. The Labute approximate surface area is 161 Å². The number of rotatable bonds is 7. The minimum atomic E-state index is -0.736. The molecule has 0 heterocycles. The molecule has 0 aliphatic rings. The van der Waals surface area contributed by atoms with E-state index in [1.165, 1.54) is 30.6 Å². The molecule has 8 heteroatoms. The number of Topliss-reactive ketones (excluding diaryl/α,β-unsaturated/α-hetero) is 1. The van der Waals surface area contributed by atoms with E-state index in [-0.39, 0.29) is 18.0 Å². The van der Waals surface area contributed by atoms with Crippen molar-refractivity contribution >= 4 is 23.5 Å². The van der Waals surface area contributed by atoms with E-state index in [1.807, 2.05) is 0 Å². The Bertz CT molecular complexity index is 859. The number of benzene rings is 2. The summed E-state index contributed by atoms with van der Waals surface area (Å²) in [5.74, 6) is -0.729. The summed E-state index contributed by atoms with van der Waals surface area (Å²) < 4.78 is 5.43. The van der Waals surface area contributed by atoms with Crippen LogP contribution in [0.3, 0.4) is 0 Å². The average Bonchev–Trinajstić information content (AvgIpc) is 2.68. The van der Waals surface area contributed by atoms with Gasteiger partial charge in [-0.1, -0.05) is 18.2 Å². The summed E-state index contributed by atoms with van der Waals surface area (Å²) in [6.45, 7) is 1.45. The summed E-state index contributed by atoms with van der Waals surface area (Å²) in [7, 11) is 0. The van der Waals surface area contributed by atoms with Crippen molar-refractivity contribution in [1.29, 1.82) is 0 Å². The fourth-order valence-corrected chi connectivity index (χ4v) is 2.34. The molecule has 1 atom stereocenters. The molecule has 0 unspecified atom stereocenters. The van der Waals surface area contributed by atoms with Crippen LogP contribution in [0.5, 0.6) is 5.75 Å². The lowest BCUT2D eigenvalue weighted by atomic mass is 10.1. The Balaban J connectivity index is 2.08. The van der Waals surface area contributed by atoms with Crippen LogP contribution in [0.25, 0.3) is 0 Å². The summed E-state index contributed by atoms with van der Waals surface area (Å²) in [4.78, 5) is 34.6. The van der Waals surface area contributed by atoms with Crippen LogP contribution in [0.2, 0.25) is 0 Å². The van der Waals surface area contributed by atoms with Crippen molar-refractivity contribution in [3.8, 4) is 5.75 Å². The van der Waals surface area contributed by atoms with Gasteiger partial charge in [0.1, 0.15) is 11.9 Å². The molecular weight excluding hydrogens is 364 g/mol. The zero-order valence-electron chi connectivity index (χ0n) is 15.1. The molecular formula is C20H20N2O6. The molecule has 0 fully saturated rings. The summed E-state index contributed by atoms with van der Waals surface area (Å²) in [6.07, 6.45) is 1.25. The molecule has 0 saturated heterocycles. The summed E-state index contributed by atoms with van der Waals surface area (Å²) >= 11 is 0. The Morgan fingerprint density at radius 1 is 1.07 bits per heavy atom. The predicted octanol–water partition coefficient (Wildman–Crippen LogP) is 3.34. The number of nitrogens with one attached hydrogen (secondary N) is 2. The zero-order valence-corrected chi connectivity index (χ0v) is 15.1. The van der Waals surface area contributed by atoms with Crippen LogP contribution in [0, 0.1) is 0 Å². The lowest BCUT2D eigenvalue weighted by molar-refractivity contribution is -0.124. The van der Waals surface area contributed by atoms with Crippen LogP contribution in [0.1, 0.15) is 35.4 Å². The average molecular weight is 384 g/mol. The third-order valence-electron chi connectivity index (χ3n) is 3.78. The Hall–Kier alpha value is -3.65. The molecule has 0 radical (unpaired) electrons. The first-order valence-corrected chi connectivity index (χ1v) is 8.37. The highest BCUT2D eigenvalue weighted by Gasteiger charge is 2.16. The van der Waals surface area contributed by atoms with Crippen LogP contribution in [0.15, 0.2) is 60.7 Å². The van der Waals surface area contributed by atoms with Gasteiger partial charge in [0.05, 0.1) is 0 Å². The van der Waals surface area contributed by atoms with Gasteiger partial charge >= 0.3 is 6.09 Å². The lowest BCUT2D eigenvalue weighted by Crippen LogP contribution is -2.18. The Kier molecular flexibility index (Phi) is 7.29. The van der Waals surface area contributed by atoms with Gasteiger partial charge in [-0.2, -0.15) is 0 Å². The van der Waals surface area contributed by atoms with Crippen LogP contribution in [0.4, 0.5) is 10.5 Å². The number of aromatic hydroxyl groups is 1. The molecule has 2 rings (SSSR count). The van der Waals surface area contributed by atoms with Crippen LogP contribution >= 0.6 is 0 Å². The molecule has 2 aromatic carbocycles. The number of ether oxygens (including phenoxy) is 1. The van der Waals surface area contributed by atoms with Gasteiger partial charge in [-0.3, -0.25) is 20.1 Å². The number of carbonyl (C=O) groups excluding carboxylic acids is 3. The van der Waals surface area contributed by atoms with Gasteiger partial charge in [0.15, 0.2) is 5.78 Å². The molecule has 8 nitrogen and oxygen atoms in total. The second-order valence-corrected chi connectivity index (χ2v) is 5.86. The van der Waals surface area contributed by atoms with Gasteiger partial charge in [-0.05, 0) is 48.9 Å². The minimum Gasteiger partial charge on any atom is -0.508 e. The Morgan fingerprint density at radius 3 is 2.29 bits per heavy atom. The van der Waals surface area contributed by atoms with E-state index in [9.17, 15) is 19.5 Å². The van der Waals surface area contributed by atoms with Crippen molar-refractivity contribution in [2.75, 3.05) is 5.32 Å². The highest BCUT2D eigenvalue weighted by molar-refractivity contribution is 5.95. The minimum absolute atomic E-state index is 0.0627. The number of anilines is 1. The molecule has 28 heavy (non-hydrogen) atoms. The largest absolute Gasteiger partial charge is 0.508 e. The van der Waals surface area contributed by atoms with Crippen molar-refractivity contribution in [2.45, 2.75) is 19.4 Å². The van der Waals surface area contributed by atoms with E-state index in [2.05, 4.69) is 5.32 Å². The van der Waals surface area contributed by atoms with Crippen LogP contribution in [-0.2, 0) is 9.53 Å². The number of amides is 2. The molecule has 4 N–H and O–H groups in total. The summed E-state index contributed by atoms with van der Waals surface area (Å²) in [5.41, 5.74) is 3.05. The van der Waals surface area contributed by atoms with E-state index in [0.29, 0.717) is 16.8 Å². The maximum absolute atomic E-state index is 12.2. The first-order valence-electron chi connectivity index (χ1n) is 8.37. The molecule has 0 saturated carbocycles. The fraction of sp³-hybridized carbons (Fsp3) is 0.150. The number of phenols is 1. The fourth-order valence-electron chi connectivity index (χ4n) is 2.34. The molecule has 0 spiro atoms. The number of ketones is 1. The van der Waals surface area contributed by atoms with Gasteiger partial charge in [0, 0.05) is 23.7 Å². The highest BCUT2D eigenvalue weighted by atomic mass is 16.6. The lowest BCUT2D eigenvalue weighted by Gasteiger charge is -2.17. The van der Waals surface area contributed by atoms with Gasteiger partial charge in [0.25, 0.3) is 5.91 Å². The van der Waals surface area contributed by atoms with Gasteiger partial charge in [-0.25, -0.2) is 10.3 Å². The Morgan fingerprint density at radius 2 is 1.71 bits per heavy atom. The van der Waals surface area contributed by atoms with Gasteiger partial charge < -0.3 is 9.84 Å². The second-order valence-electron chi connectivity index (χ2n) is 5.86. The number of carbonyl (C=O) groups is 3. The normalized spacial score (nSPS) is 11.6. The van der Waals surface area contributed by atoms with E-state index >= 15 is 0 Å². The van der Waals surface area contributed by atoms with E-state index in [1.54, 1.807) is 36.4 Å². The third-order valence-corrected chi connectivity index (χ3v) is 3.78. The molecule has 146 valence electrons. The molecule has 0 bridgehead atoms. The number of hydrogen-bond acceptors (Lipinski definition) is 6. The smallest absolute Gasteiger partial charge is 0.412 e. The zero-order chi connectivity index (χ0) is 20.5. The van der Waals surface area contributed by atoms with Gasteiger partial charge in [-0.15, -0.1) is 0 Å². The van der Waals surface area contributed by atoms with Crippen molar-refractivity contribution < 1.29 is 29.4 Å². The summed E-state index contributed by atoms with van der Waals surface area (Å²) in [5, 5.41) is 20.5. The SMILES string of the molecule is CC(=O)c1ccc(NC(=O)O[C@@H](C/C=C/C(=O)NO)c2ccc(O)cc2)cc1. The van der Waals surface area contributed by atoms with Crippen molar-refractivity contribution in [3.63, 3.8) is 0 Å². The van der Waals surface area contributed by atoms with E-state index in [4.69, 9.17) is 9.94 Å². The van der Waals surface area contributed by atoms with Crippen molar-refractivity contribution in [2.24, 2.45) is 0 Å². The number of phenolic OH excluding ortho intramolecular Hbond substituents is 1. The highest BCUT2D eigenvalue weighted by Crippen LogP contribution is 2.24.